The fraction of sp³-hybridized carbons (Fsp3) is 0.115. The van der Waals surface area contributed by atoms with Crippen LogP contribution in [0.3, 0.4) is 0 Å². The molecule has 0 saturated carbocycles. The predicted octanol–water partition coefficient (Wildman–Crippen LogP) is 6.14. The average Bonchev–Trinajstić information content (AvgIpc) is 3.15. The molecule has 6 nitrogen and oxygen atoms in total. The first kappa shape index (κ1) is 26.2. The molecule has 0 radical (unpaired) electrons. The Bertz CT molecular complexity index is 1370. The number of methoxy groups -OCH3 is 1. The van der Waals surface area contributed by atoms with Crippen LogP contribution >= 0.6 is 24.0 Å². The molecule has 1 saturated heterocycles. The number of halogens is 3. The minimum atomic E-state index is -4.54. The number of nitrogens with zero attached hydrogens (tertiary/aromatic N) is 1. The number of thioether (sulfide) groups is 1. The van der Waals surface area contributed by atoms with Gasteiger partial charge in [-0.25, -0.2) is 0 Å². The van der Waals surface area contributed by atoms with Crippen LogP contribution in [0.5, 0.6) is 11.5 Å². The predicted molar refractivity (Wildman–Crippen MR) is 141 cm³/mol. The molecule has 1 fully saturated rings. The molecule has 190 valence electrons. The van der Waals surface area contributed by atoms with Crippen molar-refractivity contribution in [3.8, 4) is 11.5 Å². The SMILES string of the molecule is COc1cccc(NC(=O)COc2ccc(/C=C3\SC(=S)N(c4cccc(C(F)(F)F)c4)C3=O)cc2)c1. The molecule has 4 rings (SSSR count). The summed E-state index contributed by atoms with van der Waals surface area (Å²) < 4.78 is 50.0. The molecule has 1 heterocycles. The minimum absolute atomic E-state index is 0.0525. The first-order valence-electron chi connectivity index (χ1n) is 10.8. The van der Waals surface area contributed by atoms with E-state index in [0.29, 0.717) is 22.7 Å². The second-order valence-electron chi connectivity index (χ2n) is 7.70. The van der Waals surface area contributed by atoms with Crippen LogP contribution < -0.4 is 19.7 Å². The van der Waals surface area contributed by atoms with Gasteiger partial charge in [-0.05, 0) is 54.1 Å². The smallest absolute Gasteiger partial charge is 0.416 e. The second kappa shape index (κ2) is 11.1. The van der Waals surface area contributed by atoms with Crippen molar-refractivity contribution in [3.05, 3.63) is 88.8 Å². The van der Waals surface area contributed by atoms with Crippen molar-refractivity contribution in [2.24, 2.45) is 0 Å². The summed E-state index contributed by atoms with van der Waals surface area (Å²) in [6.07, 6.45) is -2.95. The van der Waals surface area contributed by atoms with E-state index in [-0.39, 0.29) is 27.4 Å². The maximum absolute atomic E-state index is 13.1. The molecule has 0 spiro atoms. The molecule has 3 aromatic carbocycles. The average molecular weight is 545 g/mol. The van der Waals surface area contributed by atoms with Crippen LogP contribution in [0.4, 0.5) is 24.5 Å². The molecule has 11 heteroatoms. The molecular formula is C26H19F3N2O4S2. The van der Waals surface area contributed by atoms with E-state index in [4.69, 9.17) is 21.7 Å². The number of rotatable bonds is 7. The monoisotopic (exact) mass is 544 g/mol. The van der Waals surface area contributed by atoms with Crippen molar-refractivity contribution < 1.29 is 32.2 Å². The quantitative estimate of drug-likeness (QED) is 0.285. The number of hydrogen-bond donors (Lipinski definition) is 1. The highest BCUT2D eigenvalue weighted by Gasteiger charge is 2.36. The Labute approximate surface area is 220 Å². The fourth-order valence-corrected chi connectivity index (χ4v) is 4.67. The Kier molecular flexibility index (Phi) is 7.84. The minimum Gasteiger partial charge on any atom is -0.497 e. The molecular weight excluding hydrogens is 525 g/mol. The van der Waals surface area contributed by atoms with Crippen molar-refractivity contribution in [2.75, 3.05) is 23.9 Å². The van der Waals surface area contributed by atoms with Crippen LogP contribution in [0.1, 0.15) is 11.1 Å². The summed E-state index contributed by atoms with van der Waals surface area (Å²) in [5.74, 6) is 0.190. The van der Waals surface area contributed by atoms with Crippen molar-refractivity contribution >= 4 is 57.6 Å². The highest BCUT2D eigenvalue weighted by atomic mass is 32.2. The molecule has 0 aliphatic carbocycles. The number of carbonyl (C=O) groups excluding carboxylic acids is 2. The number of benzene rings is 3. The van der Waals surface area contributed by atoms with Gasteiger partial charge in [-0.3, -0.25) is 14.5 Å². The fourth-order valence-electron chi connectivity index (χ4n) is 3.37. The summed E-state index contributed by atoms with van der Waals surface area (Å²) in [6, 6.07) is 18.0. The normalized spacial score (nSPS) is 14.7. The number of anilines is 2. The summed E-state index contributed by atoms with van der Waals surface area (Å²) >= 11 is 6.25. The number of carbonyl (C=O) groups is 2. The van der Waals surface area contributed by atoms with Crippen molar-refractivity contribution in [1.29, 1.82) is 0 Å². The van der Waals surface area contributed by atoms with Crippen LogP contribution in [0, 0.1) is 0 Å². The summed E-state index contributed by atoms with van der Waals surface area (Å²) in [5.41, 5.74) is 0.413. The summed E-state index contributed by atoms with van der Waals surface area (Å²) in [7, 11) is 1.53. The summed E-state index contributed by atoms with van der Waals surface area (Å²) in [4.78, 5) is 26.4. The third kappa shape index (κ3) is 6.49. The second-order valence-corrected chi connectivity index (χ2v) is 9.38. The lowest BCUT2D eigenvalue weighted by molar-refractivity contribution is -0.137. The maximum Gasteiger partial charge on any atom is 0.416 e. The van der Waals surface area contributed by atoms with Gasteiger partial charge in [-0.15, -0.1) is 0 Å². The van der Waals surface area contributed by atoms with Gasteiger partial charge < -0.3 is 14.8 Å². The number of thiocarbonyl (C=S) groups is 1. The number of amides is 2. The number of nitrogens with one attached hydrogen (secondary N) is 1. The van der Waals surface area contributed by atoms with Gasteiger partial charge in [0.15, 0.2) is 10.9 Å². The largest absolute Gasteiger partial charge is 0.497 e. The molecule has 0 atom stereocenters. The van der Waals surface area contributed by atoms with E-state index in [1.165, 1.54) is 19.2 Å². The topological polar surface area (TPSA) is 67.9 Å². The van der Waals surface area contributed by atoms with E-state index < -0.39 is 17.6 Å². The molecule has 0 unspecified atom stereocenters. The lowest BCUT2D eigenvalue weighted by Gasteiger charge is -2.16. The van der Waals surface area contributed by atoms with E-state index in [1.54, 1.807) is 54.6 Å². The summed E-state index contributed by atoms with van der Waals surface area (Å²) in [6.45, 7) is -0.216. The highest BCUT2D eigenvalue weighted by Crippen LogP contribution is 2.38. The van der Waals surface area contributed by atoms with Crippen LogP contribution in [0.25, 0.3) is 6.08 Å². The van der Waals surface area contributed by atoms with E-state index in [1.807, 2.05) is 0 Å². The van der Waals surface area contributed by atoms with Crippen LogP contribution in [-0.4, -0.2) is 29.9 Å². The molecule has 0 aromatic heterocycles. The van der Waals surface area contributed by atoms with E-state index in [0.717, 1.165) is 28.8 Å². The van der Waals surface area contributed by atoms with Crippen LogP contribution in [0.2, 0.25) is 0 Å². The Morgan fingerprint density at radius 2 is 1.78 bits per heavy atom. The third-order valence-corrected chi connectivity index (χ3v) is 6.43. The van der Waals surface area contributed by atoms with Gasteiger partial charge in [0.1, 0.15) is 11.5 Å². The molecule has 3 aromatic rings. The zero-order chi connectivity index (χ0) is 26.6. The molecule has 0 bridgehead atoms. The zero-order valence-electron chi connectivity index (χ0n) is 19.2. The number of ether oxygens (including phenoxy) is 2. The van der Waals surface area contributed by atoms with E-state index in [2.05, 4.69) is 5.32 Å². The first-order chi connectivity index (χ1) is 17.6. The molecule has 37 heavy (non-hydrogen) atoms. The van der Waals surface area contributed by atoms with Gasteiger partial charge in [0.05, 0.1) is 23.3 Å². The molecule has 1 aliphatic rings. The number of alkyl halides is 3. The Morgan fingerprint density at radius 1 is 1.05 bits per heavy atom. The van der Waals surface area contributed by atoms with Crippen LogP contribution in [-0.2, 0) is 15.8 Å². The van der Waals surface area contributed by atoms with Crippen molar-refractivity contribution in [1.82, 2.24) is 0 Å². The van der Waals surface area contributed by atoms with Gasteiger partial charge in [0.2, 0.25) is 0 Å². The lowest BCUT2D eigenvalue weighted by atomic mass is 10.1. The van der Waals surface area contributed by atoms with E-state index >= 15 is 0 Å². The molecule has 2 amide bonds. The van der Waals surface area contributed by atoms with Crippen LogP contribution in [0.15, 0.2) is 77.7 Å². The van der Waals surface area contributed by atoms with E-state index in [9.17, 15) is 22.8 Å². The van der Waals surface area contributed by atoms with Crippen molar-refractivity contribution in [3.63, 3.8) is 0 Å². The molecule has 1 N–H and O–H groups in total. The maximum atomic E-state index is 13.1. The molecule has 1 aliphatic heterocycles. The van der Waals surface area contributed by atoms with Crippen molar-refractivity contribution in [2.45, 2.75) is 6.18 Å². The Hall–Kier alpha value is -3.83. The standard InChI is InChI=1S/C26H19F3N2O4S2/c1-34-21-7-3-5-18(14-21)30-23(32)15-35-20-10-8-16(9-11-20)12-22-24(33)31(25(36)37-22)19-6-2-4-17(13-19)26(27,28)29/h2-14H,15H2,1H3,(H,30,32)/b22-12-. The zero-order valence-corrected chi connectivity index (χ0v) is 20.9. The van der Waals surface area contributed by atoms with Gasteiger partial charge in [-0.1, -0.05) is 48.2 Å². The van der Waals surface area contributed by atoms with Gasteiger partial charge in [0.25, 0.3) is 11.8 Å². The first-order valence-corrected chi connectivity index (χ1v) is 12.0. The summed E-state index contributed by atoms with van der Waals surface area (Å²) in [5, 5.41) is 2.71. The van der Waals surface area contributed by atoms with Gasteiger partial charge >= 0.3 is 6.18 Å². The highest BCUT2D eigenvalue weighted by molar-refractivity contribution is 8.27. The Morgan fingerprint density at radius 3 is 2.49 bits per heavy atom. The third-order valence-electron chi connectivity index (χ3n) is 5.13. The van der Waals surface area contributed by atoms with Gasteiger partial charge in [0, 0.05) is 11.8 Å². The number of hydrogen-bond acceptors (Lipinski definition) is 6. The lowest BCUT2D eigenvalue weighted by Crippen LogP contribution is -2.27. The Balaban J connectivity index is 1.38. The van der Waals surface area contributed by atoms with Gasteiger partial charge in [-0.2, -0.15) is 13.2 Å².